The minimum absolute atomic E-state index is 0.152. The predicted molar refractivity (Wildman–Crippen MR) is 130 cm³/mol. The SMILES string of the molecule is CN(C(=O)c1c(-c2ccccc2)c(CCNC(=O)OC(C)(C)C)nc2ccc(F)cc12)C1CC1. The maximum atomic E-state index is 14.3. The van der Waals surface area contributed by atoms with Crippen molar-refractivity contribution in [2.75, 3.05) is 13.6 Å². The third-order valence-electron chi connectivity index (χ3n) is 5.74. The van der Waals surface area contributed by atoms with E-state index in [1.807, 2.05) is 30.3 Å². The Hall–Kier alpha value is -3.48. The number of halogens is 1. The lowest BCUT2D eigenvalue weighted by Crippen LogP contribution is -2.34. The number of carbonyl (C=O) groups is 2. The van der Waals surface area contributed by atoms with Crippen molar-refractivity contribution in [1.82, 2.24) is 15.2 Å². The molecule has 1 saturated carbocycles. The van der Waals surface area contributed by atoms with Gasteiger partial charge in [-0.1, -0.05) is 30.3 Å². The van der Waals surface area contributed by atoms with Gasteiger partial charge in [-0.15, -0.1) is 0 Å². The number of alkyl carbamates (subject to hydrolysis) is 1. The van der Waals surface area contributed by atoms with Crippen LogP contribution in [-0.4, -0.2) is 47.1 Å². The second-order valence-electron chi connectivity index (χ2n) is 9.66. The molecule has 0 saturated heterocycles. The van der Waals surface area contributed by atoms with Crippen molar-refractivity contribution in [3.63, 3.8) is 0 Å². The van der Waals surface area contributed by atoms with Crippen LogP contribution in [0.3, 0.4) is 0 Å². The molecule has 0 aliphatic heterocycles. The molecule has 0 unspecified atom stereocenters. The second kappa shape index (κ2) is 9.41. The van der Waals surface area contributed by atoms with E-state index in [-0.39, 0.29) is 18.5 Å². The normalized spacial score (nSPS) is 13.6. The molecule has 2 amide bonds. The lowest BCUT2D eigenvalue weighted by atomic mass is 9.92. The Labute approximate surface area is 199 Å². The molecule has 34 heavy (non-hydrogen) atoms. The summed E-state index contributed by atoms with van der Waals surface area (Å²) >= 11 is 0. The molecule has 3 aromatic rings. The lowest BCUT2D eigenvalue weighted by molar-refractivity contribution is 0.0528. The summed E-state index contributed by atoms with van der Waals surface area (Å²) in [5.74, 6) is -0.573. The molecule has 6 nitrogen and oxygen atoms in total. The van der Waals surface area contributed by atoms with Crippen molar-refractivity contribution in [1.29, 1.82) is 0 Å². The van der Waals surface area contributed by atoms with E-state index in [0.717, 1.165) is 18.4 Å². The second-order valence-corrected chi connectivity index (χ2v) is 9.66. The smallest absolute Gasteiger partial charge is 0.407 e. The van der Waals surface area contributed by atoms with Crippen molar-refractivity contribution in [3.05, 3.63) is 65.6 Å². The average Bonchev–Trinajstić information content (AvgIpc) is 3.62. The summed E-state index contributed by atoms with van der Waals surface area (Å²) in [5.41, 5.74) is 2.53. The van der Waals surface area contributed by atoms with Gasteiger partial charge >= 0.3 is 6.09 Å². The molecule has 0 spiro atoms. The van der Waals surface area contributed by atoms with Crippen LogP contribution >= 0.6 is 0 Å². The first-order chi connectivity index (χ1) is 16.1. The van der Waals surface area contributed by atoms with E-state index < -0.39 is 17.5 Å². The molecule has 1 fully saturated rings. The molecule has 2 aromatic carbocycles. The summed E-state index contributed by atoms with van der Waals surface area (Å²) < 4.78 is 19.6. The first kappa shape index (κ1) is 23.7. The number of hydrogen-bond acceptors (Lipinski definition) is 4. The van der Waals surface area contributed by atoms with E-state index in [4.69, 9.17) is 9.72 Å². The Morgan fingerprint density at radius 1 is 1.15 bits per heavy atom. The molecule has 1 heterocycles. The van der Waals surface area contributed by atoms with E-state index in [1.165, 1.54) is 12.1 Å². The molecule has 1 aliphatic rings. The standard InChI is InChI=1S/C27H30FN3O3/c1-27(2,3)34-26(33)29-15-14-22-23(17-8-6-5-7-9-17)24(25(32)31(4)19-11-12-19)20-16-18(28)10-13-21(20)30-22/h5-10,13,16,19H,11-12,14-15H2,1-4H3,(H,29,33). The van der Waals surface area contributed by atoms with Gasteiger partial charge in [0.05, 0.1) is 16.8 Å². The maximum Gasteiger partial charge on any atom is 0.407 e. The highest BCUT2D eigenvalue weighted by Crippen LogP contribution is 2.36. The van der Waals surface area contributed by atoms with Gasteiger partial charge in [-0.25, -0.2) is 9.18 Å². The quantitative estimate of drug-likeness (QED) is 0.535. The van der Waals surface area contributed by atoms with Crippen LogP contribution in [0, 0.1) is 5.82 Å². The fourth-order valence-corrected chi connectivity index (χ4v) is 4.01. The number of rotatable bonds is 6. The highest BCUT2D eigenvalue weighted by Gasteiger charge is 2.33. The minimum Gasteiger partial charge on any atom is -0.444 e. The Morgan fingerprint density at radius 2 is 1.85 bits per heavy atom. The Morgan fingerprint density at radius 3 is 2.50 bits per heavy atom. The number of hydrogen-bond donors (Lipinski definition) is 1. The highest BCUT2D eigenvalue weighted by atomic mass is 19.1. The molecule has 178 valence electrons. The fraction of sp³-hybridized carbons (Fsp3) is 0.370. The zero-order valence-electron chi connectivity index (χ0n) is 20.0. The van der Waals surface area contributed by atoms with Crippen molar-refractivity contribution in [3.8, 4) is 11.1 Å². The van der Waals surface area contributed by atoms with Gasteiger partial charge in [-0.3, -0.25) is 9.78 Å². The summed E-state index contributed by atoms with van der Waals surface area (Å²) in [6.45, 7) is 5.69. The van der Waals surface area contributed by atoms with Gasteiger partial charge in [0.25, 0.3) is 5.91 Å². The summed E-state index contributed by atoms with van der Waals surface area (Å²) in [6.07, 6.45) is 1.80. The molecule has 4 rings (SSSR count). The zero-order valence-corrected chi connectivity index (χ0v) is 20.0. The summed E-state index contributed by atoms with van der Waals surface area (Å²) in [7, 11) is 1.80. The fourth-order valence-electron chi connectivity index (χ4n) is 4.01. The molecular weight excluding hydrogens is 433 g/mol. The van der Waals surface area contributed by atoms with Crippen molar-refractivity contribution in [2.24, 2.45) is 0 Å². The number of amides is 2. The molecule has 1 aliphatic carbocycles. The van der Waals surface area contributed by atoms with Crippen molar-refractivity contribution >= 4 is 22.9 Å². The summed E-state index contributed by atoms with van der Waals surface area (Å²) in [6, 6.07) is 14.0. The Balaban J connectivity index is 1.80. The van der Waals surface area contributed by atoms with E-state index in [0.29, 0.717) is 34.1 Å². The van der Waals surface area contributed by atoms with Crippen molar-refractivity contribution < 1.29 is 18.7 Å². The van der Waals surface area contributed by atoms with Crippen LogP contribution in [0.5, 0.6) is 0 Å². The molecule has 1 aromatic heterocycles. The van der Waals surface area contributed by atoms with E-state index >= 15 is 0 Å². The summed E-state index contributed by atoms with van der Waals surface area (Å²) in [5, 5.41) is 3.25. The number of ether oxygens (including phenoxy) is 1. The first-order valence-corrected chi connectivity index (χ1v) is 11.6. The minimum atomic E-state index is -0.600. The highest BCUT2D eigenvalue weighted by molar-refractivity contribution is 6.12. The van der Waals surface area contributed by atoms with Crippen LogP contribution in [-0.2, 0) is 11.2 Å². The topological polar surface area (TPSA) is 71.5 Å². The molecule has 0 radical (unpaired) electrons. The van der Waals surface area contributed by atoms with Crippen LogP contribution in [0.15, 0.2) is 48.5 Å². The number of benzene rings is 2. The van der Waals surface area contributed by atoms with Crippen molar-refractivity contribution in [2.45, 2.75) is 51.7 Å². The van der Waals surface area contributed by atoms with Gasteiger partial charge in [0.2, 0.25) is 0 Å². The van der Waals surface area contributed by atoms with Gasteiger partial charge < -0.3 is 15.0 Å². The van der Waals surface area contributed by atoms with Crippen LogP contribution in [0.4, 0.5) is 9.18 Å². The van der Waals surface area contributed by atoms with Crippen LogP contribution in [0.2, 0.25) is 0 Å². The monoisotopic (exact) mass is 463 g/mol. The van der Waals surface area contributed by atoms with Crippen LogP contribution in [0.25, 0.3) is 22.0 Å². The van der Waals surface area contributed by atoms with Gasteiger partial charge in [-0.2, -0.15) is 0 Å². The summed E-state index contributed by atoms with van der Waals surface area (Å²) in [4.78, 5) is 32.4. The maximum absolute atomic E-state index is 14.3. The van der Waals surface area contributed by atoms with Crippen LogP contribution in [0.1, 0.15) is 49.7 Å². The molecular formula is C27H30FN3O3. The number of nitrogens with zero attached hydrogens (tertiary/aromatic N) is 2. The lowest BCUT2D eigenvalue weighted by Gasteiger charge is -2.23. The third-order valence-corrected chi connectivity index (χ3v) is 5.74. The molecule has 0 atom stereocenters. The number of nitrogens with one attached hydrogen (secondary N) is 1. The van der Waals surface area contributed by atoms with Gasteiger partial charge in [0.1, 0.15) is 11.4 Å². The Bertz CT molecular complexity index is 1220. The molecule has 7 heteroatoms. The largest absolute Gasteiger partial charge is 0.444 e. The number of carbonyl (C=O) groups excluding carboxylic acids is 2. The van der Waals surface area contributed by atoms with Gasteiger partial charge in [0, 0.05) is 37.0 Å². The number of pyridine rings is 1. The van der Waals surface area contributed by atoms with E-state index in [2.05, 4.69) is 5.32 Å². The zero-order chi connectivity index (χ0) is 24.5. The van der Waals surface area contributed by atoms with Gasteiger partial charge in [-0.05, 0) is 57.4 Å². The van der Waals surface area contributed by atoms with Gasteiger partial charge in [0.15, 0.2) is 0 Å². The van der Waals surface area contributed by atoms with Crippen LogP contribution < -0.4 is 5.32 Å². The predicted octanol–water partition coefficient (Wildman–Crippen LogP) is 5.34. The third kappa shape index (κ3) is 5.35. The number of fused-ring (bicyclic) bond motifs is 1. The first-order valence-electron chi connectivity index (χ1n) is 11.6. The number of aromatic nitrogens is 1. The van der Waals surface area contributed by atoms with E-state index in [1.54, 1.807) is 38.8 Å². The molecule has 0 bridgehead atoms. The molecule has 1 N–H and O–H groups in total. The Kier molecular flexibility index (Phi) is 6.55. The average molecular weight is 464 g/mol. The van der Waals surface area contributed by atoms with E-state index in [9.17, 15) is 14.0 Å².